The summed E-state index contributed by atoms with van der Waals surface area (Å²) in [5.74, 6) is 1.83. The predicted octanol–water partition coefficient (Wildman–Crippen LogP) is 6.50. The lowest BCUT2D eigenvalue weighted by atomic mass is 10.3. The third-order valence-corrected chi connectivity index (χ3v) is 11.6. The van der Waals surface area contributed by atoms with Gasteiger partial charge in [0, 0.05) is 10.7 Å². The molecule has 94 valence electrons. The molecule has 0 atom stereocenters. The normalized spacial score (nSPS) is 10.5. The Balaban J connectivity index is 2.52. The van der Waals surface area contributed by atoms with Gasteiger partial charge in [-0.05, 0) is 125 Å². The zero-order valence-corrected chi connectivity index (χ0v) is 19.5. The summed E-state index contributed by atoms with van der Waals surface area (Å²) in [6, 6.07) is 9.91. The number of halogens is 5. The molecule has 2 aromatic carbocycles. The average Bonchev–Trinajstić information content (AvgIpc) is 2.40. The molecule has 0 N–H and O–H groups in total. The minimum atomic E-state index is 0.876. The first-order valence-electron chi connectivity index (χ1n) is 4.76. The first-order valence-corrected chi connectivity index (χ1v) is 10.2. The number of hydrogen-bond acceptors (Lipinski definition) is 1. The summed E-state index contributed by atoms with van der Waals surface area (Å²) in [5.41, 5.74) is 0. The number of ether oxygens (including phenoxy) is 1. The maximum atomic E-state index is 6.03. The topological polar surface area (TPSA) is 9.23 Å². The van der Waals surface area contributed by atoms with Crippen molar-refractivity contribution in [1.29, 1.82) is 0 Å². The third kappa shape index (κ3) is 3.55. The quantitative estimate of drug-likeness (QED) is 0.192. The molecule has 0 aliphatic heterocycles. The van der Waals surface area contributed by atoms with Gasteiger partial charge in [-0.2, -0.15) is 0 Å². The first kappa shape index (κ1) is 16.3. The Morgan fingerprint density at radius 1 is 0.611 bits per heavy atom. The molecule has 0 aromatic heterocycles. The molecular weight excluding hydrogens is 795 g/mol. The summed E-state index contributed by atoms with van der Waals surface area (Å²) in [6.45, 7) is 0. The molecule has 2 rings (SSSR count). The standard InChI is InChI=1S/C12H5I5O/c13-7-8(14)10(16)12(11(17)9(7)15)18-6-4-2-1-3-5-6/h1-5H. The molecule has 18 heavy (non-hydrogen) atoms. The van der Waals surface area contributed by atoms with Crippen LogP contribution in [0.3, 0.4) is 0 Å². The fourth-order valence-electron chi connectivity index (χ4n) is 1.28. The molecule has 0 spiro atoms. The van der Waals surface area contributed by atoms with Crippen LogP contribution in [-0.2, 0) is 0 Å². The fraction of sp³-hybridized carbons (Fsp3) is 0. The van der Waals surface area contributed by atoms with Gasteiger partial charge in [-0.15, -0.1) is 0 Å². The van der Waals surface area contributed by atoms with Gasteiger partial charge < -0.3 is 4.74 Å². The Hall–Kier alpha value is 1.89. The molecular formula is C12H5I5O. The zero-order valence-electron chi connectivity index (χ0n) is 8.68. The van der Waals surface area contributed by atoms with E-state index in [1.807, 2.05) is 30.3 Å². The molecule has 0 saturated heterocycles. The summed E-state index contributed by atoms with van der Waals surface area (Å²) in [7, 11) is 0. The van der Waals surface area contributed by atoms with Crippen LogP contribution in [0.1, 0.15) is 0 Å². The van der Waals surface area contributed by atoms with E-state index < -0.39 is 0 Å². The first-order chi connectivity index (χ1) is 8.52. The van der Waals surface area contributed by atoms with Crippen molar-refractivity contribution in [2.24, 2.45) is 0 Å². The average molecular weight is 800 g/mol. The maximum Gasteiger partial charge on any atom is 0.156 e. The Morgan fingerprint density at radius 3 is 1.56 bits per heavy atom. The highest BCUT2D eigenvalue weighted by molar-refractivity contribution is 14.1. The van der Waals surface area contributed by atoms with Crippen LogP contribution in [0.2, 0.25) is 0 Å². The second-order valence-corrected chi connectivity index (χ2v) is 8.71. The van der Waals surface area contributed by atoms with E-state index in [9.17, 15) is 0 Å². The molecule has 0 amide bonds. The molecule has 2 aromatic rings. The fourth-order valence-corrected chi connectivity index (χ4v) is 6.21. The second kappa shape index (κ2) is 7.24. The second-order valence-electron chi connectivity index (χ2n) is 3.31. The van der Waals surface area contributed by atoms with E-state index in [4.69, 9.17) is 4.74 Å². The van der Waals surface area contributed by atoms with Gasteiger partial charge in [0.25, 0.3) is 0 Å². The van der Waals surface area contributed by atoms with Crippen molar-refractivity contribution in [3.63, 3.8) is 0 Å². The SMILES string of the molecule is Ic1c(I)c(I)c(Oc2ccccc2)c(I)c1I. The molecule has 0 aliphatic carbocycles. The van der Waals surface area contributed by atoms with Crippen molar-refractivity contribution in [2.45, 2.75) is 0 Å². The smallest absolute Gasteiger partial charge is 0.156 e. The number of benzene rings is 2. The van der Waals surface area contributed by atoms with Crippen LogP contribution < -0.4 is 4.74 Å². The molecule has 0 radical (unpaired) electrons. The van der Waals surface area contributed by atoms with E-state index in [0.717, 1.165) is 11.5 Å². The van der Waals surface area contributed by atoms with Crippen molar-refractivity contribution in [3.8, 4) is 11.5 Å². The highest BCUT2D eigenvalue weighted by atomic mass is 127. The molecule has 0 saturated carbocycles. The van der Waals surface area contributed by atoms with Gasteiger partial charge in [0.1, 0.15) is 5.75 Å². The van der Waals surface area contributed by atoms with Gasteiger partial charge in [0.2, 0.25) is 0 Å². The van der Waals surface area contributed by atoms with Crippen LogP contribution in [0, 0.1) is 17.9 Å². The molecule has 6 heteroatoms. The minimum Gasteiger partial charge on any atom is -0.455 e. The van der Waals surface area contributed by atoms with Crippen LogP contribution in [0.15, 0.2) is 30.3 Å². The molecule has 0 unspecified atom stereocenters. The third-order valence-electron chi connectivity index (χ3n) is 2.13. The van der Waals surface area contributed by atoms with Crippen LogP contribution >= 0.6 is 113 Å². The molecule has 0 heterocycles. The number of rotatable bonds is 2. The summed E-state index contributed by atoms with van der Waals surface area (Å²) >= 11 is 11.8. The van der Waals surface area contributed by atoms with Gasteiger partial charge in [-0.1, -0.05) is 18.2 Å². The van der Waals surface area contributed by atoms with Gasteiger partial charge in [-0.3, -0.25) is 0 Å². The zero-order chi connectivity index (χ0) is 13.3. The van der Waals surface area contributed by atoms with Crippen molar-refractivity contribution < 1.29 is 4.74 Å². The van der Waals surface area contributed by atoms with Crippen LogP contribution in [0.25, 0.3) is 0 Å². The van der Waals surface area contributed by atoms with E-state index in [1.165, 1.54) is 17.9 Å². The van der Waals surface area contributed by atoms with E-state index in [-0.39, 0.29) is 0 Å². The predicted molar refractivity (Wildman–Crippen MR) is 117 cm³/mol. The highest BCUT2D eigenvalue weighted by Gasteiger charge is 2.18. The summed E-state index contributed by atoms with van der Waals surface area (Å²) in [6.07, 6.45) is 0. The molecule has 0 aliphatic rings. The molecule has 0 bridgehead atoms. The van der Waals surface area contributed by atoms with E-state index in [2.05, 4.69) is 113 Å². The Morgan fingerprint density at radius 2 is 1.06 bits per heavy atom. The lowest BCUT2D eigenvalue weighted by molar-refractivity contribution is 0.474. The van der Waals surface area contributed by atoms with E-state index >= 15 is 0 Å². The monoisotopic (exact) mass is 800 g/mol. The maximum absolute atomic E-state index is 6.03. The molecule has 0 fully saturated rings. The number of hydrogen-bond donors (Lipinski definition) is 0. The minimum absolute atomic E-state index is 0.876. The lowest BCUT2D eigenvalue weighted by Crippen LogP contribution is -2.00. The van der Waals surface area contributed by atoms with Crippen molar-refractivity contribution >= 4 is 113 Å². The molecule has 1 nitrogen and oxygen atoms in total. The largest absolute Gasteiger partial charge is 0.455 e. The van der Waals surface area contributed by atoms with Crippen molar-refractivity contribution in [3.05, 3.63) is 48.2 Å². The van der Waals surface area contributed by atoms with Gasteiger partial charge in [-0.25, -0.2) is 0 Å². The van der Waals surface area contributed by atoms with Crippen LogP contribution in [-0.4, -0.2) is 0 Å². The van der Waals surface area contributed by atoms with Crippen molar-refractivity contribution in [2.75, 3.05) is 0 Å². The summed E-state index contributed by atoms with van der Waals surface area (Å²) in [5, 5.41) is 0. The van der Waals surface area contributed by atoms with E-state index in [1.54, 1.807) is 0 Å². The highest BCUT2D eigenvalue weighted by Crippen LogP contribution is 2.40. The Labute approximate surface area is 174 Å². The van der Waals surface area contributed by atoms with Crippen molar-refractivity contribution in [1.82, 2.24) is 0 Å². The Kier molecular flexibility index (Phi) is 6.54. The van der Waals surface area contributed by atoms with E-state index in [0.29, 0.717) is 0 Å². The van der Waals surface area contributed by atoms with Gasteiger partial charge in [0.05, 0.1) is 7.14 Å². The number of para-hydroxylation sites is 1. The van der Waals surface area contributed by atoms with Crippen LogP contribution in [0.4, 0.5) is 0 Å². The summed E-state index contributed by atoms with van der Waals surface area (Å²) < 4.78 is 12.2. The summed E-state index contributed by atoms with van der Waals surface area (Å²) in [4.78, 5) is 0. The lowest BCUT2D eigenvalue weighted by Gasteiger charge is -2.14. The van der Waals surface area contributed by atoms with Gasteiger partial charge in [0.15, 0.2) is 5.75 Å². The van der Waals surface area contributed by atoms with Gasteiger partial charge >= 0.3 is 0 Å². The Bertz CT molecular complexity index is 554. The van der Waals surface area contributed by atoms with Crippen LogP contribution in [0.5, 0.6) is 11.5 Å².